The van der Waals surface area contributed by atoms with E-state index in [0.29, 0.717) is 13.1 Å². The van der Waals surface area contributed by atoms with E-state index in [9.17, 15) is 9.59 Å². The summed E-state index contributed by atoms with van der Waals surface area (Å²) >= 11 is 0. The number of carbonyl (C=O) groups is 2. The predicted molar refractivity (Wildman–Crippen MR) is 73.5 cm³/mol. The van der Waals surface area contributed by atoms with Crippen LogP contribution in [0.25, 0.3) is 0 Å². The summed E-state index contributed by atoms with van der Waals surface area (Å²) in [6, 6.07) is -0.0363. The van der Waals surface area contributed by atoms with Crippen LogP contribution in [0.1, 0.15) is 33.1 Å². The van der Waals surface area contributed by atoms with Gasteiger partial charge in [0, 0.05) is 19.1 Å². The van der Waals surface area contributed by atoms with E-state index in [-0.39, 0.29) is 42.7 Å². The first-order chi connectivity index (χ1) is 8.10. The molecule has 0 saturated heterocycles. The number of nitrogens with zero attached hydrogens (tertiary/aromatic N) is 1. The molecule has 18 heavy (non-hydrogen) atoms. The molecular weight excluding hydrogens is 254 g/mol. The minimum atomic E-state index is -0.103. The standard InChI is InChI=1S/C12H23N3O2.ClH/c1-3-14-11(16)8-15(4-2)12(17)9-6-5-7-10(9)13;/h9-10H,3-8,13H2,1-2H3,(H,14,16);1H. The number of likely N-dealkylation sites (N-methyl/N-ethyl adjacent to an activating group) is 2. The lowest BCUT2D eigenvalue weighted by molar-refractivity contribution is -0.139. The molecule has 0 spiro atoms. The average Bonchev–Trinajstić information content (AvgIpc) is 2.72. The zero-order valence-electron chi connectivity index (χ0n) is 11.1. The van der Waals surface area contributed by atoms with Crippen LogP contribution < -0.4 is 11.1 Å². The summed E-state index contributed by atoms with van der Waals surface area (Å²) in [5, 5.41) is 2.70. The van der Waals surface area contributed by atoms with Crippen LogP contribution >= 0.6 is 12.4 Å². The molecule has 0 heterocycles. The number of hydrogen-bond donors (Lipinski definition) is 2. The Labute approximate surface area is 115 Å². The quantitative estimate of drug-likeness (QED) is 0.769. The van der Waals surface area contributed by atoms with Gasteiger partial charge in [-0.2, -0.15) is 0 Å². The van der Waals surface area contributed by atoms with Crippen molar-refractivity contribution >= 4 is 24.2 Å². The largest absolute Gasteiger partial charge is 0.355 e. The molecule has 2 amide bonds. The number of hydrogen-bond acceptors (Lipinski definition) is 3. The first-order valence-electron chi connectivity index (χ1n) is 6.41. The van der Waals surface area contributed by atoms with Crippen LogP contribution in [-0.2, 0) is 9.59 Å². The van der Waals surface area contributed by atoms with Gasteiger partial charge in [-0.3, -0.25) is 9.59 Å². The fourth-order valence-corrected chi connectivity index (χ4v) is 2.30. The van der Waals surface area contributed by atoms with Gasteiger partial charge in [0.25, 0.3) is 0 Å². The molecule has 0 aromatic rings. The second-order valence-electron chi connectivity index (χ2n) is 4.51. The van der Waals surface area contributed by atoms with Gasteiger partial charge in [0.05, 0.1) is 12.5 Å². The summed E-state index contributed by atoms with van der Waals surface area (Å²) < 4.78 is 0. The van der Waals surface area contributed by atoms with Crippen LogP contribution in [0.2, 0.25) is 0 Å². The smallest absolute Gasteiger partial charge is 0.239 e. The van der Waals surface area contributed by atoms with E-state index < -0.39 is 0 Å². The Bertz CT molecular complexity index is 286. The highest BCUT2D eigenvalue weighted by molar-refractivity contribution is 5.86. The predicted octanol–water partition coefficient (Wildman–Crippen LogP) is 0.520. The van der Waals surface area contributed by atoms with Gasteiger partial charge in [0.2, 0.25) is 11.8 Å². The van der Waals surface area contributed by atoms with Crippen molar-refractivity contribution in [2.45, 2.75) is 39.2 Å². The number of halogens is 1. The van der Waals surface area contributed by atoms with E-state index in [4.69, 9.17) is 5.73 Å². The van der Waals surface area contributed by atoms with Gasteiger partial charge in [-0.15, -0.1) is 12.4 Å². The molecule has 106 valence electrons. The Morgan fingerprint density at radius 3 is 2.44 bits per heavy atom. The Morgan fingerprint density at radius 1 is 1.33 bits per heavy atom. The molecule has 0 bridgehead atoms. The summed E-state index contributed by atoms with van der Waals surface area (Å²) in [7, 11) is 0. The second-order valence-corrected chi connectivity index (χ2v) is 4.51. The van der Waals surface area contributed by atoms with Gasteiger partial charge >= 0.3 is 0 Å². The lowest BCUT2D eigenvalue weighted by Crippen LogP contribution is -2.46. The van der Waals surface area contributed by atoms with E-state index in [0.717, 1.165) is 19.3 Å². The van der Waals surface area contributed by atoms with E-state index in [1.54, 1.807) is 4.90 Å². The van der Waals surface area contributed by atoms with E-state index in [1.807, 2.05) is 13.8 Å². The lowest BCUT2D eigenvalue weighted by atomic mass is 10.0. The molecule has 2 atom stereocenters. The van der Waals surface area contributed by atoms with Gasteiger partial charge in [-0.05, 0) is 26.7 Å². The fraction of sp³-hybridized carbons (Fsp3) is 0.833. The lowest BCUT2D eigenvalue weighted by Gasteiger charge is -2.25. The first-order valence-corrected chi connectivity index (χ1v) is 6.41. The number of amides is 2. The van der Waals surface area contributed by atoms with Crippen molar-refractivity contribution < 1.29 is 9.59 Å². The molecule has 0 aliphatic heterocycles. The van der Waals surface area contributed by atoms with Crippen molar-refractivity contribution in [3.05, 3.63) is 0 Å². The van der Waals surface area contributed by atoms with Crippen molar-refractivity contribution in [3.8, 4) is 0 Å². The molecule has 0 aromatic carbocycles. The molecular formula is C12H24ClN3O2. The van der Waals surface area contributed by atoms with Crippen LogP contribution in [0.15, 0.2) is 0 Å². The van der Waals surface area contributed by atoms with Gasteiger partial charge in [-0.1, -0.05) is 6.42 Å². The zero-order valence-corrected chi connectivity index (χ0v) is 12.0. The second kappa shape index (κ2) is 8.32. The van der Waals surface area contributed by atoms with Crippen molar-refractivity contribution in [2.75, 3.05) is 19.6 Å². The third-order valence-electron chi connectivity index (χ3n) is 3.29. The topological polar surface area (TPSA) is 75.4 Å². The molecule has 3 N–H and O–H groups in total. The van der Waals surface area contributed by atoms with Crippen LogP contribution in [0, 0.1) is 5.92 Å². The van der Waals surface area contributed by atoms with Gasteiger partial charge in [0.15, 0.2) is 0 Å². The summed E-state index contributed by atoms with van der Waals surface area (Å²) in [5.74, 6) is -0.164. The van der Waals surface area contributed by atoms with Crippen LogP contribution in [-0.4, -0.2) is 42.4 Å². The number of nitrogens with one attached hydrogen (secondary N) is 1. The molecule has 5 nitrogen and oxygen atoms in total. The first kappa shape index (κ1) is 17.2. The Hall–Kier alpha value is -0.810. The normalized spacial score (nSPS) is 22.2. The molecule has 6 heteroatoms. The van der Waals surface area contributed by atoms with Crippen LogP contribution in [0.4, 0.5) is 0 Å². The highest BCUT2D eigenvalue weighted by Crippen LogP contribution is 2.25. The SMILES string of the molecule is CCNC(=O)CN(CC)C(=O)C1CCCC1N.Cl. The van der Waals surface area contributed by atoms with E-state index in [2.05, 4.69) is 5.32 Å². The van der Waals surface area contributed by atoms with Gasteiger partial charge < -0.3 is 16.0 Å². The molecule has 1 rings (SSSR count). The maximum Gasteiger partial charge on any atom is 0.239 e. The monoisotopic (exact) mass is 277 g/mol. The van der Waals surface area contributed by atoms with Gasteiger partial charge in [-0.25, -0.2) is 0 Å². The van der Waals surface area contributed by atoms with Crippen molar-refractivity contribution in [1.29, 1.82) is 0 Å². The minimum Gasteiger partial charge on any atom is -0.355 e. The van der Waals surface area contributed by atoms with Crippen LogP contribution in [0.3, 0.4) is 0 Å². The Balaban J connectivity index is 0.00000289. The Kier molecular flexibility index (Phi) is 7.95. The molecule has 2 unspecified atom stereocenters. The average molecular weight is 278 g/mol. The molecule has 0 aromatic heterocycles. The summed E-state index contributed by atoms with van der Waals surface area (Å²) in [5.41, 5.74) is 5.91. The maximum absolute atomic E-state index is 12.2. The summed E-state index contributed by atoms with van der Waals surface area (Å²) in [6.45, 7) is 5.04. The van der Waals surface area contributed by atoms with Crippen LogP contribution in [0.5, 0.6) is 0 Å². The fourth-order valence-electron chi connectivity index (χ4n) is 2.30. The third-order valence-corrected chi connectivity index (χ3v) is 3.29. The highest BCUT2D eigenvalue weighted by Gasteiger charge is 2.33. The minimum absolute atomic E-state index is 0. The molecule has 1 aliphatic rings. The molecule has 1 saturated carbocycles. The van der Waals surface area contributed by atoms with Crippen molar-refractivity contribution in [2.24, 2.45) is 11.7 Å². The van der Waals surface area contributed by atoms with Gasteiger partial charge in [0.1, 0.15) is 0 Å². The maximum atomic E-state index is 12.2. The number of rotatable bonds is 5. The number of carbonyl (C=O) groups excluding carboxylic acids is 2. The van der Waals surface area contributed by atoms with Crippen molar-refractivity contribution in [3.63, 3.8) is 0 Å². The Morgan fingerprint density at radius 2 is 2.00 bits per heavy atom. The highest BCUT2D eigenvalue weighted by atomic mass is 35.5. The van der Waals surface area contributed by atoms with E-state index in [1.165, 1.54) is 0 Å². The number of nitrogens with two attached hydrogens (primary N) is 1. The molecule has 0 radical (unpaired) electrons. The summed E-state index contributed by atoms with van der Waals surface area (Å²) in [4.78, 5) is 25.3. The summed E-state index contributed by atoms with van der Waals surface area (Å²) in [6.07, 6.45) is 2.78. The molecule has 1 fully saturated rings. The van der Waals surface area contributed by atoms with E-state index >= 15 is 0 Å². The third kappa shape index (κ3) is 4.46. The van der Waals surface area contributed by atoms with Crippen molar-refractivity contribution in [1.82, 2.24) is 10.2 Å². The zero-order chi connectivity index (χ0) is 12.8. The molecule has 1 aliphatic carbocycles.